The fourth-order valence-corrected chi connectivity index (χ4v) is 2.11. The summed E-state index contributed by atoms with van der Waals surface area (Å²) in [7, 11) is 0. The molecule has 1 nitrogen and oxygen atoms in total. The SMILES string of the molecule is CC(C)CSCCOc1cccc(Cl)c1. The quantitative estimate of drug-likeness (QED) is 0.697. The molecule has 0 amide bonds. The third-order valence-corrected chi connectivity index (χ3v) is 3.34. The normalized spacial score (nSPS) is 10.7. The lowest BCUT2D eigenvalue weighted by atomic mass is 10.3. The van der Waals surface area contributed by atoms with Gasteiger partial charge in [-0.2, -0.15) is 11.8 Å². The van der Waals surface area contributed by atoms with Crippen LogP contribution in [0.1, 0.15) is 13.8 Å². The van der Waals surface area contributed by atoms with Crippen LogP contribution >= 0.6 is 23.4 Å². The van der Waals surface area contributed by atoms with E-state index in [0.717, 1.165) is 29.0 Å². The van der Waals surface area contributed by atoms with Gasteiger partial charge in [0.1, 0.15) is 5.75 Å². The van der Waals surface area contributed by atoms with E-state index < -0.39 is 0 Å². The molecule has 15 heavy (non-hydrogen) atoms. The minimum atomic E-state index is 0.724. The Hall–Kier alpha value is -0.340. The second-order valence-electron chi connectivity index (χ2n) is 3.77. The summed E-state index contributed by atoms with van der Waals surface area (Å²) in [4.78, 5) is 0. The summed E-state index contributed by atoms with van der Waals surface area (Å²) in [5, 5.41) is 0.724. The first-order valence-electron chi connectivity index (χ1n) is 5.14. The summed E-state index contributed by atoms with van der Waals surface area (Å²) >= 11 is 7.77. The zero-order valence-electron chi connectivity index (χ0n) is 9.20. The molecule has 0 saturated heterocycles. The summed E-state index contributed by atoms with van der Waals surface area (Å²) in [6.45, 7) is 5.20. The molecule has 0 atom stereocenters. The highest BCUT2D eigenvalue weighted by Crippen LogP contribution is 2.17. The monoisotopic (exact) mass is 244 g/mol. The van der Waals surface area contributed by atoms with E-state index in [1.807, 2.05) is 36.0 Å². The van der Waals surface area contributed by atoms with Crippen molar-refractivity contribution in [1.82, 2.24) is 0 Å². The summed E-state index contributed by atoms with van der Waals surface area (Å²) in [6, 6.07) is 7.52. The molecular weight excluding hydrogens is 228 g/mol. The predicted molar refractivity (Wildman–Crippen MR) is 69.1 cm³/mol. The van der Waals surface area contributed by atoms with E-state index >= 15 is 0 Å². The minimum absolute atomic E-state index is 0.724. The van der Waals surface area contributed by atoms with Gasteiger partial charge in [-0.1, -0.05) is 31.5 Å². The van der Waals surface area contributed by atoms with Gasteiger partial charge in [-0.3, -0.25) is 0 Å². The van der Waals surface area contributed by atoms with Crippen LogP contribution in [-0.2, 0) is 0 Å². The molecule has 3 heteroatoms. The molecule has 0 radical (unpaired) electrons. The maximum absolute atomic E-state index is 5.84. The van der Waals surface area contributed by atoms with Crippen LogP contribution in [0.15, 0.2) is 24.3 Å². The van der Waals surface area contributed by atoms with Crippen LogP contribution in [0.25, 0.3) is 0 Å². The Morgan fingerprint density at radius 3 is 2.87 bits per heavy atom. The lowest BCUT2D eigenvalue weighted by Crippen LogP contribution is -2.02. The zero-order valence-corrected chi connectivity index (χ0v) is 10.8. The summed E-state index contributed by atoms with van der Waals surface area (Å²) in [6.07, 6.45) is 0. The zero-order chi connectivity index (χ0) is 11.1. The van der Waals surface area contributed by atoms with Crippen molar-refractivity contribution in [3.63, 3.8) is 0 Å². The number of hydrogen-bond acceptors (Lipinski definition) is 2. The molecule has 0 aliphatic rings. The van der Waals surface area contributed by atoms with Gasteiger partial charge in [-0.15, -0.1) is 0 Å². The van der Waals surface area contributed by atoms with E-state index in [1.54, 1.807) is 0 Å². The maximum atomic E-state index is 5.84. The van der Waals surface area contributed by atoms with Crippen LogP contribution in [0.5, 0.6) is 5.75 Å². The number of thioether (sulfide) groups is 1. The van der Waals surface area contributed by atoms with Crippen molar-refractivity contribution < 1.29 is 4.74 Å². The van der Waals surface area contributed by atoms with E-state index in [0.29, 0.717) is 0 Å². The highest BCUT2D eigenvalue weighted by Gasteiger charge is 1.96. The van der Waals surface area contributed by atoms with Gasteiger partial charge in [0, 0.05) is 10.8 Å². The molecule has 0 aliphatic carbocycles. The molecule has 0 saturated carbocycles. The molecule has 0 unspecified atom stereocenters. The third-order valence-electron chi connectivity index (χ3n) is 1.74. The highest BCUT2D eigenvalue weighted by atomic mass is 35.5. The Morgan fingerprint density at radius 1 is 1.40 bits per heavy atom. The van der Waals surface area contributed by atoms with Crippen molar-refractivity contribution in [3.8, 4) is 5.75 Å². The van der Waals surface area contributed by atoms with Gasteiger partial charge in [0.25, 0.3) is 0 Å². The van der Waals surface area contributed by atoms with Gasteiger partial charge in [-0.05, 0) is 29.9 Å². The van der Waals surface area contributed by atoms with Crippen molar-refractivity contribution in [2.24, 2.45) is 5.92 Å². The van der Waals surface area contributed by atoms with E-state index in [4.69, 9.17) is 16.3 Å². The van der Waals surface area contributed by atoms with Crippen molar-refractivity contribution in [1.29, 1.82) is 0 Å². The van der Waals surface area contributed by atoms with Gasteiger partial charge in [-0.25, -0.2) is 0 Å². The van der Waals surface area contributed by atoms with Crippen LogP contribution in [-0.4, -0.2) is 18.1 Å². The highest BCUT2D eigenvalue weighted by molar-refractivity contribution is 7.99. The molecule has 84 valence electrons. The average Bonchev–Trinajstić information content (AvgIpc) is 2.17. The second kappa shape index (κ2) is 7.02. The van der Waals surface area contributed by atoms with Gasteiger partial charge < -0.3 is 4.74 Å². The summed E-state index contributed by atoms with van der Waals surface area (Å²) in [5.41, 5.74) is 0. The molecule has 0 fully saturated rings. The van der Waals surface area contributed by atoms with Gasteiger partial charge in [0.2, 0.25) is 0 Å². The molecule has 0 N–H and O–H groups in total. The lowest BCUT2D eigenvalue weighted by molar-refractivity contribution is 0.344. The third kappa shape index (κ3) is 5.95. The van der Waals surface area contributed by atoms with E-state index in [1.165, 1.54) is 5.75 Å². The number of ether oxygens (including phenoxy) is 1. The molecule has 0 spiro atoms. The number of hydrogen-bond donors (Lipinski definition) is 0. The van der Waals surface area contributed by atoms with Crippen molar-refractivity contribution in [2.45, 2.75) is 13.8 Å². The topological polar surface area (TPSA) is 9.23 Å². The Balaban J connectivity index is 2.15. The Kier molecular flexibility index (Phi) is 5.96. The molecular formula is C12H17ClOS. The van der Waals surface area contributed by atoms with Crippen molar-refractivity contribution >= 4 is 23.4 Å². The summed E-state index contributed by atoms with van der Waals surface area (Å²) < 4.78 is 5.56. The van der Waals surface area contributed by atoms with Crippen LogP contribution in [0, 0.1) is 5.92 Å². The first-order chi connectivity index (χ1) is 7.18. The lowest BCUT2D eigenvalue weighted by Gasteiger charge is -2.07. The fraction of sp³-hybridized carbons (Fsp3) is 0.500. The summed E-state index contributed by atoms with van der Waals surface area (Å²) in [5.74, 6) is 3.83. The van der Waals surface area contributed by atoms with Crippen LogP contribution in [0.3, 0.4) is 0 Å². The van der Waals surface area contributed by atoms with Crippen LogP contribution in [0.4, 0.5) is 0 Å². The molecule has 1 aromatic carbocycles. The average molecular weight is 245 g/mol. The molecule has 1 aromatic rings. The van der Waals surface area contributed by atoms with Crippen molar-refractivity contribution in [3.05, 3.63) is 29.3 Å². The molecule has 0 heterocycles. The van der Waals surface area contributed by atoms with E-state index in [9.17, 15) is 0 Å². The minimum Gasteiger partial charge on any atom is -0.493 e. The molecule has 0 aliphatic heterocycles. The van der Waals surface area contributed by atoms with Gasteiger partial charge in [0.15, 0.2) is 0 Å². The Morgan fingerprint density at radius 2 is 2.20 bits per heavy atom. The van der Waals surface area contributed by atoms with Crippen LogP contribution in [0.2, 0.25) is 5.02 Å². The first-order valence-corrected chi connectivity index (χ1v) is 6.68. The number of rotatable bonds is 6. The predicted octanol–water partition coefficient (Wildman–Crippen LogP) is 4.11. The largest absolute Gasteiger partial charge is 0.493 e. The number of halogens is 1. The number of benzene rings is 1. The first kappa shape index (κ1) is 12.7. The fourth-order valence-electron chi connectivity index (χ4n) is 1.09. The van der Waals surface area contributed by atoms with E-state index in [2.05, 4.69) is 13.8 Å². The standard InChI is InChI=1S/C12H17ClOS/c1-10(2)9-15-7-6-14-12-5-3-4-11(13)8-12/h3-5,8,10H,6-7,9H2,1-2H3. The molecule has 1 rings (SSSR count). The second-order valence-corrected chi connectivity index (χ2v) is 5.36. The Bertz CT molecular complexity index is 289. The van der Waals surface area contributed by atoms with Gasteiger partial charge >= 0.3 is 0 Å². The maximum Gasteiger partial charge on any atom is 0.120 e. The molecule has 0 aromatic heterocycles. The van der Waals surface area contributed by atoms with Crippen LogP contribution < -0.4 is 4.74 Å². The smallest absolute Gasteiger partial charge is 0.120 e. The van der Waals surface area contributed by atoms with Gasteiger partial charge in [0.05, 0.1) is 6.61 Å². The molecule has 0 bridgehead atoms. The van der Waals surface area contributed by atoms with E-state index in [-0.39, 0.29) is 0 Å². The van der Waals surface area contributed by atoms with Crippen molar-refractivity contribution in [2.75, 3.05) is 18.1 Å². The Labute approximate surface area is 101 Å².